The Morgan fingerprint density at radius 2 is 2.00 bits per heavy atom. The Labute approximate surface area is 189 Å². The lowest BCUT2D eigenvalue weighted by Crippen LogP contribution is -2.09. The summed E-state index contributed by atoms with van der Waals surface area (Å²) in [4.78, 5) is 4.13. The monoisotopic (exact) mass is 544 g/mol. The second kappa shape index (κ2) is 10.1. The number of halogens is 3. The van der Waals surface area contributed by atoms with Crippen molar-refractivity contribution < 1.29 is 4.74 Å². The minimum atomic E-state index is 0.0828. The van der Waals surface area contributed by atoms with Crippen molar-refractivity contribution in [3.63, 3.8) is 0 Å². The van der Waals surface area contributed by atoms with Gasteiger partial charge in [-0.1, -0.05) is 73.4 Å². The van der Waals surface area contributed by atoms with Gasteiger partial charge in [0.2, 0.25) is 4.38 Å². The topological polar surface area (TPSA) is 27.1 Å². The molecule has 1 unspecified atom stereocenters. The molecular formula is C19H15Br2ClN2OS2. The molecule has 0 radical (unpaired) electrons. The third-order valence-corrected chi connectivity index (χ3v) is 6.59. The van der Waals surface area contributed by atoms with Gasteiger partial charge in [-0.3, -0.25) is 0 Å². The number of nitrogens with zero attached hydrogens (tertiary/aromatic N) is 2. The second-order valence-corrected chi connectivity index (χ2v) is 9.71. The van der Waals surface area contributed by atoms with Crippen molar-refractivity contribution in [2.24, 2.45) is 0 Å². The van der Waals surface area contributed by atoms with Gasteiger partial charge in [-0.2, -0.15) is 0 Å². The Balaban J connectivity index is 1.70. The fourth-order valence-electron chi connectivity index (χ4n) is 2.42. The predicted octanol–water partition coefficient (Wildman–Crippen LogP) is 7.04. The Hall–Kier alpha value is -0.860. The maximum atomic E-state index is 5.92. The number of rotatable bonds is 6. The van der Waals surface area contributed by atoms with Gasteiger partial charge in [-0.05, 0) is 47.6 Å². The van der Waals surface area contributed by atoms with Crippen LogP contribution in [0, 0.1) is 0 Å². The summed E-state index contributed by atoms with van der Waals surface area (Å²) in [6.45, 7) is 1.15. The predicted molar refractivity (Wildman–Crippen MR) is 123 cm³/mol. The molecule has 0 bridgehead atoms. The highest BCUT2D eigenvalue weighted by Crippen LogP contribution is 2.37. The summed E-state index contributed by atoms with van der Waals surface area (Å²) in [6.07, 6.45) is 5.52. The summed E-state index contributed by atoms with van der Waals surface area (Å²) in [5.74, 6) is 0. The molecule has 0 saturated carbocycles. The molecule has 0 saturated heterocycles. The summed E-state index contributed by atoms with van der Waals surface area (Å²) < 4.78 is 10.4. The van der Waals surface area contributed by atoms with E-state index < -0.39 is 0 Å². The molecule has 1 aromatic heterocycles. The van der Waals surface area contributed by atoms with E-state index in [0.717, 1.165) is 26.6 Å². The normalized spacial score (nSPS) is 12.0. The van der Waals surface area contributed by atoms with Crippen LogP contribution >= 0.6 is 67.4 Å². The van der Waals surface area contributed by atoms with E-state index in [0.29, 0.717) is 16.0 Å². The molecule has 0 aliphatic heterocycles. The molecule has 1 atom stereocenters. The van der Waals surface area contributed by atoms with E-state index in [1.54, 1.807) is 12.5 Å². The second-order valence-electron chi connectivity index (χ2n) is 5.70. The van der Waals surface area contributed by atoms with Crippen molar-refractivity contribution in [3.05, 3.63) is 86.3 Å². The van der Waals surface area contributed by atoms with Gasteiger partial charge < -0.3 is 9.30 Å². The molecule has 0 aliphatic carbocycles. The van der Waals surface area contributed by atoms with E-state index in [1.807, 2.05) is 47.2 Å². The molecule has 0 aliphatic rings. The number of benzene rings is 2. The number of imidazole rings is 1. The van der Waals surface area contributed by atoms with Crippen molar-refractivity contribution >= 4 is 71.8 Å². The number of ether oxygens (including phenoxy) is 1. The first-order valence-electron chi connectivity index (χ1n) is 8.00. The molecular weight excluding hydrogens is 532 g/mol. The van der Waals surface area contributed by atoms with Gasteiger partial charge >= 0.3 is 0 Å². The molecule has 3 rings (SSSR count). The zero-order chi connectivity index (χ0) is 19.2. The molecule has 27 heavy (non-hydrogen) atoms. The third-order valence-electron chi connectivity index (χ3n) is 3.75. The highest BCUT2D eigenvalue weighted by molar-refractivity contribution is 9.11. The zero-order valence-corrected chi connectivity index (χ0v) is 19.6. The van der Waals surface area contributed by atoms with Crippen LogP contribution in [0.3, 0.4) is 0 Å². The van der Waals surface area contributed by atoms with Gasteiger partial charge in [0, 0.05) is 32.9 Å². The van der Waals surface area contributed by atoms with Crippen molar-refractivity contribution in [2.45, 2.75) is 18.4 Å². The maximum absolute atomic E-state index is 5.92. The molecule has 0 fully saturated rings. The van der Waals surface area contributed by atoms with Gasteiger partial charge in [0.05, 0.1) is 11.6 Å². The van der Waals surface area contributed by atoms with E-state index in [4.69, 9.17) is 28.6 Å². The average Bonchev–Trinajstić information content (AvgIpc) is 3.14. The molecule has 2 aromatic carbocycles. The number of hydrogen-bond acceptors (Lipinski definition) is 4. The summed E-state index contributed by atoms with van der Waals surface area (Å²) in [7, 11) is 0. The van der Waals surface area contributed by atoms with Gasteiger partial charge in [0.1, 0.15) is 6.61 Å². The summed E-state index contributed by atoms with van der Waals surface area (Å²) in [6, 6.07) is 13.7. The smallest absolute Gasteiger partial charge is 0.220 e. The summed E-state index contributed by atoms with van der Waals surface area (Å²) >= 11 is 20.1. The van der Waals surface area contributed by atoms with E-state index in [2.05, 4.69) is 42.9 Å². The van der Waals surface area contributed by atoms with Crippen LogP contribution in [0.4, 0.5) is 0 Å². The van der Waals surface area contributed by atoms with Crippen LogP contribution in [-0.4, -0.2) is 13.9 Å². The molecule has 0 spiro atoms. The quantitative estimate of drug-likeness (QED) is 0.310. The SMILES string of the molecule is S=C(OCc1ccc(Cl)cc1)SC(Cn1ccnc1)c1ccc(Br)cc1Br. The van der Waals surface area contributed by atoms with Crippen molar-refractivity contribution in [1.29, 1.82) is 0 Å². The lowest BCUT2D eigenvalue weighted by molar-refractivity contribution is 0.310. The molecule has 0 N–H and O–H groups in total. The van der Waals surface area contributed by atoms with Crippen LogP contribution in [0.2, 0.25) is 5.02 Å². The lowest BCUT2D eigenvalue weighted by atomic mass is 10.1. The largest absolute Gasteiger partial charge is 0.474 e. The first kappa shape index (κ1) is 20.9. The minimum Gasteiger partial charge on any atom is -0.474 e. The Morgan fingerprint density at radius 3 is 2.67 bits per heavy atom. The fraction of sp³-hybridized carbons (Fsp3) is 0.158. The molecule has 3 nitrogen and oxygen atoms in total. The Morgan fingerprint density at radius 1 is 1.22 bits per heavy atom. The van der Waals surface area contributed by atoms with Crippen molar-refractivity contribution in [3.8, 4) is 0 Å². The number of thioether (sulfide) groups is 1. The van der Waals surface area contributed by atoms with E-state index in [1.165, 1.54) is 11.8 Å². The van der Waals surface area contributed by atoms with Crippen LogP contribution in [-0.2, 0) is 17.9 Å². The molecule has 8 heteroatoms. The van der Waals surface area contributed by atoms with Crippen LogP contribution < -0.4 is 0 Å². The number of hydrogen-bond donors (Lipinski definition) is 0. The zero-order valence-electron chi connectivity index (χ0n) is 14.0. The van der Waals surface area contributed by atoms with E-state index in [-0.39, 0.29) is 5.25 Å². The van der Waals surface area contributed by atoms with Gasteiger partial charge in [0.15, 0.2) is 0 Å². The molecule has 3 aromatic rings. The van der Waals surface area contributed by atoms with E-state index >= 15 is 0 Å². The van der Waals surface area contributed by atoms with E-state index in [9.17, 15) is 0 Å². The highest BCUT2D eigenvalue weighted by atomic mass is 79.9. The molecule has 0 amide bonds. The van der Waals surface area contributed by atoms with Gasteiger partial charge in [-0.25, -0.2) is 4.98 Å². The van der Waals surface area contributed by atoms with Crippen molar-refractivity contribution in [1.82, 2.24) is 9.55 Å². The number of aromatic nitrogens is 2. The maximum Gasteiger partial charge on any atom is 0.220 e. The summed E-state index contributed by atoms with van der Waals surface area (Å²) in [5, 5.41) is 0.788. The number of thiocarbonyl (C=S) groups is 1. The molecule has 140 valence electrons. The van der Waals surface area contributed by atoms with Crippen LogP contribution in [0.5, 0.6) is 0 Å². The lowest BCUT2D eigenvalue weighted by Gasteiger charge is -2.19. The Bertz CT molecular complexity index is 905. The highest BCUT2D eigenvalue weighted by Gasteiger charge is 2.19. The standard InChI is InChI=1S/C19H15Br2ClN2OS2/c20-14-3-6-16(17(21)9-14)18(10-24-8-7-23-12-24)27-19(26)25-11-13-1-4-15(22)5-2-13/h1-9,12,18H,10-11H2. The average molecular weight is 547 g/mol. The van der Waals surface area contributed by atoms with Crippen LogP contribution in [0.25, 0.3) is 0 Å². The minimum absolute atomic E-state index is 0.0828. The fourth-order valence-corrected chi connectivity index (χ4v) is 5.37. The van der Waals surface area contributed by atoms with Gasteiger partial charge in [0.25, 0.3) is 0 Å². The van der Waals surface area contributed by atoms with Gasteiger partial charge in [-0.15, -0.1) is 0 Å². The first-order chi connectivity index (χ1) is 13.0. The first-order valence-corrected chi connectivity index (χ1v) is 11.2. The van der Waals surface area contributed by atoms with Crippen molar-refractivity contribution in [2.75, 3.05) is 0 Å². The summed E-state index contributed by atoms with van der Waals surface area (Å²) in [5.41, 5.74) is 2.17. The van der Waals surface area contributed by atoms with Crippen LogP contribution in [0.15, 0.2) is 70.1 Å². The Kier molecular flexibility index (Phi) is 7.78. The third kappa shape index (κ3) is 6.32. The van der Waals surface area contributed by atoms with Crippen LogP contribution in [0.1, 0.15) is 16.4 Å². The molecule has 1 heterocycles.